The molecule has 1 aliphatic rings. The van der Waals surface area contributed by atoms with E-state index in [1.165, 1.54) is 0 Å². The number of carbonyl (C=O) groups is 1. The van der Waals surface area contributed by atoms with Gasteiger partial charge < -0.3 is 15.7 Å². The van der Waals surface area contributed by atoms with Crippen molar-refractivity contribution in [1.82, 2.24) is 4.98 Å². The van der Waals surface area contributed by atoms with Crippen LogP contribution in [0.1, 0.15) is 12.5 Å². The molecule has 0 aliphatic carbocycles. The first-order valence-corrected chi connectivity index (χ1v) is 5.55. The van der Waals surface area contributed by atoms with Gasteiger partial charge in [-0.2, -0.15) is 0 Å². The first-order valence-electron chi connectivity index (χ1n) is 5.17. The molecule has 1 aliphatic heterocycles. The number of nitrogen functional groups attached to an aromatic ring is 1. The number of aliphatic carboxylic acids is 1. The maximum atomic E-state index is 11.0. The van der Waals surface area contributed by atoms with E-state index < -0.39 is 5.97 Å². The predicted molar refractivity (Wildman–Crippen MR) is 67.2 cm³/mol. The molecule has 6 heteroatoms. The van der Waals surface area contributed by atoms with Crippen LogP contribution in [0.5, 0.6) is 0 Å². The number of aromatic nitrogens is 1. The lowest BCUT2D eigenvalue weighted by Crippen LogP contribution is -2.31. The first kappa shape index (κ1) is 11.7. The number of anilines is 2. The Morgan fingerprint density at radius 3 is 3.00 bits per heavy atom. The standard InChI is InChI=1S/C11H12ClN3O2/c1-2-15-5-7(11(16)17)3-6-4-8(13)9(12)14-10(6)15/h3-4H,2,5,13H2,1H3,(H,16,17). The summed E-state index contributed by atoms with van der Waals surface area (Å²) in [7, 11) is 0. The van der Waals surface area contributed by atoms with Crippen molar-refractivity contribution < 1.29 is 9.90 Å². The molecule has 0 spiro atoms. The number of likely N-dealkylation sites (N-methyl/N-ethyl adjacent to an activating group) is 1. The number of hydrogen-bond acceptors (Lipinski definition) is 4. The number of carboxylic acids is 1. The highest BCUT2D eigenvalue weighted by Crippen LogP contribution is 2.31. The van der Waals surface area contributed by atoms with Gasteiger partial charge in [0, 0.05) is 12.1 Å². The lowest BCUT2D eigenvalue weighted by Gasteiger charge is -2.28. The van der Waals surface area contributed by atoms with Gasteiger partial charge in [-0.05, 0) is 19.1 Å². The van der Waals surface area contributed by atoms with Gasteiger partial charge in [-0.1, -0.05) is 11.6 Å². The molecule has 0 bridgehead atoms. The number of carboxylic acid groups (broad SMARTS) is 1. The van der Waals surface area contributed by atoms with Crippen molar-refractivity contribution in [3.05, 3.63) is 22.4 Å². The summed E-state index contributed by atoms with van der Waals surface area (Å²) in [4.78, 5) is 17.0. The Morgan fingerprint density at radius 2 is 2.41 bits per heavy atom. The maximum Gasteiger partial charge on any atom is 0.333 e. The van der Waals surface area contributed by atoms with Gasteiger partial charge in [0.2, 0.25) is 0 Å². The van der Waals surface area contributed by atoms with E-state index in [0.717, 1.165) is 0 Å². The zero-order valence-electron chi connectivity index (χ0n) is 9.27. The highest BCUT2D eigenvalue weighted by atomic mass is 35.5. The van der Waals surface area contributed by atoms with Gasteiger partial charge in [-0.25, -0.2) is 9.78 Å². The van der Waals surface area contributed by atoms with E-state index in [-0.39, 0.29) is 5.15 Å². The Kier molecular flexibility index (Phi) is 2.93. The van der Waals surface area contributed by atoms with E-state index in [4.69, 9.17) is 22.4 Å². The molecule has 2 heterocycles. The second kappa shape index (κ2) is 4.25. The first-order chi connectivity index (χ1) is 8.02. The smallest absolute Gasteiger partial charge is 0.333 e. The Hall–Kier alpha value is -1.75. The van der Waals surface area contributed by atoms with E-state index in [0.29, 0.717) is 35.7 Å². The number of rotatable bonds is 2. The summed E-state index contributed by atoms with van der Waals surface area (Å²) in [6.45, 7) is 2.91. The largest absolute Gasteiger partial charge is 0.478 e. The molecule has 5 nitrogen and oxygen atoms in total. The third-order valence-electron chi connectivity index (χ3n) is 2.66. The van der Waals surface area contributed by atoms with Crippen LogP contribution in [0, 0.1) is 0 Å². The average Bonchev–Trinajstić information content (AvgIpc) is 2.29. The number of halogens is 1. The molecule has 2 rings (SSSR count). The molecule has 0 saturated carbocycles. The highest BCUT2D eigenvalue weighted by molar-refractivity contribution is 6.32. The number of nitrogens with two attached hydrogens (primary N) is 1. The molecule has 0 saturated heterocycles. The molecular formula is C11H12ClN3O2. The van der Waals surface area contributed by atoms with Crippen LogP contribution in [-0.4, -0.2) is 29.1 Å². The normalized spacial score (nSPS) is 14.2. The van der Waals surface area contributed by atoms with Crippen molar-refractivity contribution in [2.24, 2.45) is 0 Å². The van der Waals surface area contributed by atoms with Crippen molar-refractivity contribution in [2.45, 2.75) is 6.92 Å². The van der Waals surface area contributed by atoms with Gasteiger partial charge >= 0.3 is 5.97 Å². The SMILES string of the molecule is CCN1CC(C(=O)O)=Cc2cc(N)c(Cl)nc21. The minimum Gasteiger partial charge on any atom is -0.478 e. The van der Waals surface area contributed by atoms with Crippen molar-refractivity contribution in [1.29, 1.82) is 0 Å². The molecular weight excluding hydrogens is 242 g/mol. The van der Waals surface area contributed by atoms with Gasteiger partial charge in [0.05, 0.1) is 17.8 Å². The van der Waals surface area contributed by atoms with Crippen LogP contribution in [-0.2, 0) is 4.79 Å². The van der Waals surface area contributed by atoms with E-state index >= 15 is 0 Å². The number of pyridine rings is 1. The van der Waals surface area contributed by atoms with Crippen molar-refractivity contribution >= 4 is 35.2 Å². The summed E-state index contributed by atoms with van der Waals surface area (Å²) in [6.07, 6.45) is 1.59. The van der Waals surface area contributed by atoms with Gasteiger partial charge in [-0.15, -0.1) is 0 Å². The minimum atomic E-state index is -0.928. The van der Waals surface area contributed by atoms with Crippen LogP contribution >= 0.6 is 11.6 Å². The molecule has 1 aromatic heterocycles. The monoisotopic (exact) mass is 253 g/mol. The molecule has 0 fully saturated rings. The fourth-order valence-electron chi connectivity index (χ4n) is 1.78. The number of nitrogens with zero attached hydrogens (tertiary/aromatic N) is 2. The van der Waals surface area contributed by atoms with Crippen LogP contribution in [0.15, 0.2) is 11.6 Å². The van der Waals surface area contributed by atoms with Gasteiger partial charge in [0.1, 0.15) is 5.82 Å². The molecule has 17 heavy (non-hydrogen) atoms. The Labute approximate surface area is 104 Å². The quantitative estimate of drug-likeness (QED) is 0.783. The zero-order chi connectivity index (χ0) is 12.6. The van der Waals surface area contributed by atoms with Crippen LogP contribution in [0.25, 0.3) is 6.08 Å². The summed E-state index contributed by atoms with van der Waals surface area (Å²) < 4.78 is 0. The van der Waals surface area contributed by atoms with Crippen LogP contribution in [0.3, 0.4) is 0 Å². The van der Waals surface area contributed by atoms with E-state index in [1.54, 1.807) is 12.1 Å². The second-order valence-corrected chi connectivity index (χ2v) is 4.13. The van der Waals surface area contributed by atoms with Crippen LogP contribution in [0.2, 0.25) is 5.15 Å². The lowest BCUT2D eigenvalue weighted by molar-refractivity contribution is -0.132. The van der Waals surface area contributed by atoms with Crippen molar-refractivity contribution in [2.75, 3.05) is 23.7 Å². The fourth-order valence-corrected chi connectivity index (χ4v) is 1.91. The maximum absolute atomic E-state index is 11.0. The number of fused-ring (bicyclic) bond motifs is 1. The molecule has 90 valence electrons. The Balaban J connectivity index is 2.57. The predicted octanol–water partition coefficient (Wildman–Crippen LogP) is 1.63. The number of hydrogen-bond donors (Lipinski definition) is 2. The summed E-state index contributed by atoms with van der Waals surface area (Å²) in [6, 6.07) is 1.65. The van der Waals surface area contributed by atoms with Crippen molar-refractivity contribution in [3.8, 4) is 0 Å². The van der Waals surface area contributed by atoms with E-state index in [2.05, 4.69) is 4.98 Å². The lowest BCUT2D eigenvalue weighted by atomic mass is 10.1. The minimum absolute atomic E-state index is 0.245. The van der Waals surface area contributed by atoms with E-state index in [1.807, 2.05) is 11.8 Å². The summed E-state index contributed by atoms with van der Waals surface area (Å²) in [5, 5.41) is 9.27. The summed E-state index contributed by atoms with van der Waals surface area (Å²) in [5.41, 5.74) is 7.03. The highest BCUT2D eigenvalue weighted by Gasteiger charge is 2.22. The molecule has 0 aromatic carbocycles. The summed E-state index contributed by atoms with van der Waals surface area (Å²) >= 11 is 5.87. The third kappa shape index (κ3) is 2.06. The molecule has 3 N–H and O–H groups in total. The van der Waals surface area contributed by atoms with Crippen molar-refractivity contribution in [3.63, 3.8) is 0 Å². The molecule has 0 atom stereocenters. The fraction of sp³-hybridized carbons (Fsp3) is 0.273. The van der Waals surface area contributed by atoms with Crippen LogP contribution < -0.4 is 10.6 Å². The Morgan fingerprint density at radius 1 is 1.71 bits per heavy atom. The molecule has 0 unspecified atom stereocenters. The second-order valence-electron chi connectivity index (χ2n) is 3.77. The third-order valence-corrected chi connectivity index (χ3v) is 2.96. The molecule has 0 amide bonds. The van der Waals surface area contributed by atoms with Crippen LogP contribution in [0.4, 0.5) is 11.5 Å². The Bertz CT molecular complexity index is 514. The van der Waals surface area contributed by atoms with Gasteiger partial charge in [0.25, 0.3) is 0 Å². The van der Waals surface area contributed by atoms with Gasteiger partial charge in [-0.3, -0.25) is 0 Å². The topological polar surface area (TPSA) is 79.5 Å². The van der Waals surface area contributed by atoms with E-state index in [9.17, 15) is 4.79 Å². The molecule has 1 aromatic rings. The van der Waals surface area contributed by atoms with Gasteiger partial charge in [0.15, 0.2) is 5.15 Å². The molecule has 0 radical (unpaired) electrons. The average molecular weight is 254 g/mol. The zero-order valence-corrected chi connectivity index (χ0v) is 10.0. The summed E-state index contributed by atoms with van der Waals surface area (Å²) in [5.74, 6) is -0.251.